The molecule has 0 bridgehead atoms. The van der Waals surface area contributed by atoms with E-state index in [4.69, 9.17) is 11.6 Å². The minimum absolute atomic E-state index is 0.127. The number of alkyl halides is 1. The van der Waals surface area contributed by atoms with Gasteiger partial charge in [0.1, 0.15) is 4.90 Å². The van der Waals surface area contributed by atoms with E-state index < -0.39 is 42.6 Å². The minimum Gasteiger partial charge on any atom is -0.465 e. The van der Waals surface area contributed by atoms with Crippen LogP contribution in [0.25, 0.3) is 0 Å². The molecular formula is C10H9ClF5NO4S. The molecule has 0 amide bonds. The number of nitro benzene ring substituents is 1. The Morgan fingerprint density at radius 3 is 2.32 bits per heavy atom. The van der Waals surface area contributed by atoms with Crippen molar-refractivity contribution in [1.29, 1.82) is 0 Å². The smallest absolute Gasteiger partial charge is 0.328 e. The van der Waals surface area contributed by atoms with Crippen molar-refractivity contribution in [2.75, 3.05) is 6.61 Å². The maximum atomic E-state index is 12.7. The third-order valence-corrected chi connectivity index (χ3v) is 3.97. The fourth-order valence-corrected chi connectivity index (χ4v) is 2.40. The molecule has 0 aliphatic carbocycles. The Balaban J connectivity index is 3.54. The largest absolute Gasteiger partial charge is 0.465 e. The monoisotopic (exact) mass is 369 g/mol. The fourth-order valence-electron chi connectivity index (χ4n) is 1.48. The Labute approximate surface area is 125 Å². The Kier molecular flexibility index (Phi) is 4.14. The lowest BCUT2D eigenvalue weighted by Gasteiger charge is -2.40. The number of benzene rings is 1. The summed E-state index contributed by atoms with van der Waals surface area (Å²) in [5, 5.41) is 8.74. The molecule has 22 heavy (non-hydrogen) atoms. The number of hydrogen-bond donors (Lipinski definition) is 0. The molecule has 1 aromatic rings. The Hall–Kier alpha value is -1.62. The van der Waals surface area contributed by atoms with Crippen molar-refractivity contribution in [2.45, 2.75) is 17.2 Å². The van der Waals surface area contributed by atoms with E-state index in [0.717, 1.165) is 0 Å². The van der Waals surface area contributed by atoms with E-state index in [1.165, 1.54) is 6.92 Å². The zero-order valence-corrected chi connectivity index (χ0v) is 12.3. The van der Waals surface area contributed by atoms with E-state index >= 15 is 0 Å². The lowest BCUT2D eigenvalue weighted by Crippen LogP contribution is -2.14. The molecule has 126 valence electrons. The SMILES string of the molecule is CCOC(=O)[C@@H](Cl)c1cc(S(F)(F)(F)(F)F)ccc1[N+](=O)[O-]. The van der Waals surface area contributed by atoms with E-state index in [1.54, 1.807) is 0 Å². The van der Waals surface area contributed by atoms with Crippen molar-refractivity contribution in [3.8, 4) is 0 Å². The molecular weight excluding hydrogens is 361 g/mol. The number of halogens is 6. The Morgan fingerprint density at radius 2 is 1.91 bits per heavy atom. The molecule has 1 atom stereocenters. The normalized spacial score (nSPS) is 16.3. The predicted octanol–water partition coefficient (Wildman–Crippen LogP) is 5.10. The first-order valence-corrected chi connectivity index (χ1v) is 7.89. The molecule has 1 aromatic carbocycles. The summed E-state index contributed by atoms with van der Waals surface area (Å²) in [5.41, 5.74) is -2.02. The quantitative estimate of drug-likeness (QED) is 0.238. The molecule has 0 radical (unpaired) electrons. The standard InChI is InChI=1S/C10H9ClF5NO4S/c1-2-21-10(18)9(11)7-5-6(22(12,13,14,15)16)3-4-8(7)17(19)20/h3-5,9H,2H2,1H3/t9-/m0/s1. The predicted molar refractivity (Wildman–Crippen MR) is 69.7 cm³/mol. The van der Waals surface area contributed by atoms with Crippen LogP contribution < -0.4 is 0 Å². The van der Waals surface area contributed by atoms with Crippen LogP contribution in [0.3, 0.4) is 0 Å². The zero-order valence-electron chi connectivity index (χ0n) is 10.8. The highest BCUT2D eigenvalue weighted by molar-refractivity contribution is 8.45. The van der Waals surface area contributed by atoms with Crippen LogP contribution in [0, 0.1) is 10.1 Å². The van der Waals surface area contributed by atoms with E-state index in [2.05, 4.69) is 4.74 Å². The van der Waals surface area contributed by atoms with Gasteiger partial charge in [0, 0.05) is 6.07 Å². The van der Waals surface area contributed by atoms with E-state index in [0.29, 0.717) is 0 Å². The average molecular weight is 370 g/mol. The first kappa shape index (κ1) is 18.4. The third kappa shape index (κ3) is 4.19. The van der Waals surface area contributed by atoms with Crippen LogP contribution >= 0.6 is 21.8 Å². The van der Waals surface area contributed by atoms with Gasteiger partial charge in [-0.05, 0) is 19.1 Å². The van der Waals surface area contributed by atoms with Crippen LogP contribution in [-0.2, 0) is 9.53 Å². The fraction of sp³-hybridized carbons (Fsp3) is 0.300. The van der Waals surface area contributed by atoms with Crippen molar-refractivity contribution in [1.82, 2.24) is 0 Å². The molecule has 5 nitrogen and oxygen atoms in total. The van der Waals surface area contributed by atoms with Gasteiger partial charge in [-0.25, -0.2) is 0 Å². The number of ether oxygens (including phenoxy) is 1. The van der Waals surface area contributed by atoms with Crippen LogP contribution in [0.15, 0.2) is 23.1 Å². The first-order chi connectivity index (χ1) is 9.67. The van der Waals surface area contributed by atoms with Gasteiger partial charge in [0.05, 0.1) is 17.1 Å². The minimum atomic E-state index is -10.1. The van der Waals surface area contributed by atoms with Gasteiger partial charge < -0.3 is 4.74 Å². The van der Waals surface area contributed by atoms with Gasteiger partial charge in [0.25, 0.3) is 5.69 Å². The molecule has 1 rings (SSSR count). The van der Waals surface area contributed by atoms with E-state index in [9.17, 15) is 34.3 Å². The molecule has 0 saturated heterocycles. The third-order valence-electron chi connectivity index (χ3n) is 2.41. The summed E-state index contributed by atoms with van der Waals surface area (Å²) >= 11 is 5.52. The number of rotatable bonds is 5. The van der Waals surface area contributed by atoms with Gasteiger partial charge in [0.2, 0.25) is 0 Å². The van der Waals surface area contributed by atoms with Gasteiger partial charge in [-0.3, -0.25) is 14.9 Å². The molecule has 0 saturated carbocycles. The summed E-state index contributed by atoms with van der Waals surface area (Å²) in [6.07, 6.45) is 0. The van der Waals surface area contributed by atoms with Gasteiger partial charge in [-0.1, -0.05) is 19.4 Å². The molecule has 0 aliphatic rings. The van der Waals surface area contributed by atoms with Crippen molar-refractivity contribution in [3.63, 3.8) is 0 Å². The zero-order chi connectivity index (χ0) is 17.4. The second-order valence-electron chi connectivity index (χ2n) is 4.06. The molecule has 0 fully saturated rings. The highest BCUT2D eigenvalue weighted by Gasteiger charge is 2.65. The molecule has 0 aromatic heterocycles. The first-order valence-electron chi connectivity index (χ1n) is 5.50. The number of nitro groups is 1. The maximum absolute atomic E-state index is 12.7. The van der Waals surface area contributed by atoms with Gasteiger partial charge in [0.15, 0.2) is 5.38 Å². The average Bonchev–Trinajstić information content (AvgIpc) is 2.34. The summed E-state index contributed by atoms with van der Waals surface area (Å²) < 4.78 is 68.1. The van der Waals surface area contributed by atoms with E-state index in [1.807, 2.05) is 0 Å². The lowest BCUT2D eigenvalue weighted by molar-refractivity contribution is -0.385. The van der Waals surface area contributed by atoms with Gasteiger partial charge in [-0.2, -0.15) is 0 Å². The summed E-state index contributed by atoms with van der Waals surface area (Å²) in [7, 11) is -10.1. The van der Waals surface area contributed by atoms with Crippen molar-refractivity contribution in [3.05, 3.63) is 33.9 Å². The van der Waals surface area contributed by atoms with Crippen LogP contribution in [0.5, 0.6) is 0 Å². The van der Waals surface area contributed by atoms with E-state index in [-0.39, 0.29) is 24.8 Å². The second kappa shape index (κ2) is 4.95. The molecule has 0 aliphatic heterocycles. The van der Waals surface area contributed by atoms with Crippen LogP contribution in [0.1, 0.15) is 17.9 Å². The summed E-state index contributed by atoms with van der Waals surface area (Å²) in [6.45, 7) is 1.16. The lowest BCUT2D eigenvalue weighted by atomic mass is 10.1. The molecule has 0 spiro atoms. The number of carbonyl (C=O) groups is 1. The van der Waals surface area contributed by atoms with Gasteiger partial charge >= 0.3 is 16.2 Å². The summed E-state index contributed by atoms with van der Waals surface area (Å²) in [6, 6.07) is -0.108. The summed E-state index contributed by atoms with van der Waals surface area (Å²) in [5.74, 6) is -1.29. The number of hydrogen-bond acceptors (Lipinski definition) is 4. The Morgan fingerprint density at radius 1 is 1.36 bits per heavy atom. The molecule has 0 heterocycles. The topological polar surface area (TPSA) is 69.4 Å². The molecule has 0 unspecified atom stereocenters. The second-order valence-corrected chi connectivity index (χ2v) is 6.91. The van der Waals surface area contributed by atoms with Gasteiger partial charge in [-0.15, -0.1) is 11.6 Å². The summed E-state index contributed by atoms with van der Waals surface area (Å²) in [4.78, 5) is 18.6. The molecule has 12 heteroatoms. The molecule has 0 N–H and O–H groups in total. The van der Waals surface area contributed by atoms with Crippen LogP contribution in [-0.4, -0.2) is 17.5 Å². The maximum Gasteiger partial charge on any atom is 0.328 e. The number of esters is 1. The highest BCUT2D eigenvalue weighted by Crippen LogP contribution is 3.02. The van der Waals surface area contributed by atoms with Crippen molar-refractivity contribution in [2.24, 2.45) is 0 Å². The van der Waals surface area contributed by atoms with Crippen LogP contribution in [0.2, 0.25) is 0 Å². The van der Waals surface area contributed by atoms with Crippen molar-refractivity contribution < 1.29 is 33.9 Å². The highest BCUT2D eigenvalue weighted by atomic mass is 35.5. The van der Waals surface area contributed by atoms with Crippen LogP contribution in [0.4, 0.5) is 25.1 Å². The van der Waals surface area contributed by atoms with Crippen molar-refractivity contribution >= 4 is 33.5 Å². The Bertz CT molecular complexity index is 636. The number of nitrogens with zero attached hydrogens (tertiary/aromatic N) is 1. The number of carbonyl (C=O) groups excluding carboxylic acids is 1.